The van der Waals surface area contributed by atoms with Crippen LogP contribution in [0.2, 0.25) is 0 Å². The minimum atomic E-state index is -1.85. The predicted octanol–water partition coefficient (Wildman–Crippen LogP) is 0.394. The molecule has 0 saturated heterocycles. The molecule has 0 heterocycles. The van der Waals surface area contributed by atoms with Gasteiger partial charge in [-0.1, -0.05) is 26.7 Å². The SMILES string of the molecule is CCCCO[P+](=O)OCCCC.[H-].[K+]. The molecule has 0 atom stereocenters. The van der Waals surface area contributed by atoms with Gasteiger partial charge in [-0.15, -0.1) is 9.05 Å². The normalized spacial score (nSPS) is 9.38. The molecule has 0 aliphatic carbocycles. The number of hydrogen-bond donors (Lipinski definition) is 0. The maximum absolute atomic E-state index is 10.9. The number of hydrogen-bond acceptors (Lipinski definition) is 3. The summed E-state index contributed by atoms with van der Waals surface area (Å²) in [5, 5.41) is 0. The first-order valence-corrected chi connectivity index (χ1v) is 5.63. The summed E-state index contributed by atoms with van der Waals surface area (Å²) in [5.74, 6) is 0. The number of unbranched alkanes of at least 4 members (excludes halogenated alkanes) is 2. The summed E-state index contributed by atoms with van der Waals surface area (Å²) in [7, 11) is -1.85. The van der Waals surface area contributed by atoms with Gasteiger partial charge in [0.25, 0.3) is 0 Å². The zero-order valence-electron chi connectivity index (χ0n) is 9.91. The Kier molecular flexibility index (Phi) is 17.9. The van der Waals surface area contributed by atoms with Crippen molar-refractivity contribution in [1.29, 1.82) is 0 Å². The van der Waals surface area contributed by atoms with Crippen molar-refractivity contribution in [3.8, 4) is 0 Å². The van der Waals surface area contributed by atoms with Crippen LogP contribution >= 0.6 is 8.25 Å². The van der Waals surface area contributed by atoms with Crippen LogP contribution in [0.4, 0.5) is 0 Å². The molecule has 0 aromatic carbocycles. The molecule has 0 amide bonds. The fraction of sp³-hybridized carbons (Fsp3) is 1.00. The third-order valence-corrected chi connectivity index (χ3v) is 2.18. The van der Waals surface area contributed by atoms with E-state index < -0.39 is 8.25 Å². The molecule has 0 aromatic rings. The van der Waals surface area contributed by atoms with E-state index in [0.29, 0.717) is 13.2 Å². The first-order valence-electron chi connectivity index (χ1n) is 4.54. The molecule has 74 valence electrons. The molecule has 0 rings (SSSR count). The van der Waals surface area contributed by atoms with Gasteiger partial charge in [0, 0.05) is 4.57 Å². The predicted molar refractivity (Wildman–Crippen MR) is 50.4 cm³/mol. The molecule has 0 aliphatic heterocycles. The molecule has 0 aromatic heterocycles. The zero-order valence-corrected chi connectivity index (χ0v) is 12.9. The smallest absolute Gasteiger partial charge is 1.00 e. The van der Waals surface area contributed by atoms with E-state index in [4.69, 9.17) is 9.05 Å². The maximum atomic E-state index is 10.9. The van der Waals surface area contributed by atoms with Gasteiger partial charge >= 0.3 is 59.6 Å². The van der Waals surface area contributed by atoms with Gasteiger partial charge in [0.15, 0.2) is 0 Å². The third kappa shape index (κ3) is 13.7. The standard InChI is InChI=1S/C8H18O3P.K.H/c1-3-5-7-10-12(9)11-8-6-4-2;;/h3-8H2,1-2H3;;/q2*+1;-1. The van der Waals surface area contributed by atoms with Crippen molar-refractivity contribution in [3.63, 3.8) is 0 Å². The van der Waals surface area contributed by atoms with Gasteiger partial charge in [-0.05, 0) is 12.8 Å². The molecule has 0 N–H and O–H groups in total. The Morgan fingerprint density at radius 2 is 1.46 bits per heavy atom. The average molecular weight is 233 g/mol. The minimum Gasteiger partial charge on any atom is -1.00 e. The summed E-state index contributed by atoms with van der Waals surface area (Å²) in [6.45, 7) is 5.21. The van der Waals surface area contributed by atoms with E-state index in [9.17, 15) is 4.57 Å². The largest absolute Gasteiger partial charge is 1.00 e. The Morgan fingerprint density at radius 3 is 1.77 bits per heavy atom. The van der Waals surface area contributed by atoms with Crippen LogP contribution in [0.1, 0.15) is 41.0 Å². The summed E-state index contributed by atoms with van der Waals surface area (Å²) < 4.78 is 20.7. The minimum absolute atomic E-state index is 0. The Hall–Kier alpha value is 1.66. The van der Waals surface area contributed by atoms with Gasteiger partial charge < -0.3 is 1.43 Å². The average Bonchev–Trinajstić information content (AvgIpc) is 2.06. The Labute approximate surface area is 126 Å². The quantitative estimate of drug-likeness (QED) is 0.346. The van der Waals surface area contributed by atoms with E-state index in [-0.39, 0.29) is 52.8 Å². The molecule has 0 unspecified atom stereocenters. The molecule has 5 heteroatoms. The van der Waals surface area contributed by atoms with Gasteiger partial charge in [-0.2, -0.15) is 0 Å². The summed E-state index contributed by atoms with van der Waals surface area (Å²) in [5.41, 5.74) is 0. The van der Waals surface area contributed by atoms with Crippen LogP contribution in [0.15, 0.2) is 0 Å². The topological polar surface area (TPSA) is 35.5 Å². The van der Waals surface area contributed by atoms with Crippen LogP contribution in [0.5, 0.6) is 0 Å². The van der Waals surface area contributed by atoms with Gasteiger partial charge in [0.2, 0.25) is 0 Å². The van der Waals surface area contributed by atoms with Crippen molar-refractivity contribution in [1.82, 2.24) is 0 Å². The molecule has 0 bridgehead atoms. The van der Waals surface area contributed by atoms with Crippen LogP contribution in [0.3, 0.4) is 0 Å². The molecule has 0 aliphatic rings. The summed E-state index contributed by atoms with van der Waals surface area (Å²) in [6.07, 6.45) is 3.99. The Balaban J connectivity index is -0.000000605. The van der Waals surface area contributed by atoms with Crippen LogP contribution in [0, 0.1) is 0 Å². The summed E-state index contributed by atoms with van der Waals surface area (Å²) >= 11 is 0. The first kappa shape index (κ1) is 17.1. The fourth-order valence-electron chi connectivity index (χ4n) is 0.604. The van der Waals surface area contributed by atoms with E-state index in [1.807, 2.05) is 0 Å². The second kappa shape index (κ2) is 13.7. The van der Waals surface area contributed by atoms with Crippen LogP contribution in [0.25, 0.3) is 0 Å². The van der Waals surface area contributed by atoms with Crippen LogP contribution < -0.4 is 51.4 Å². The Morgan fingerprint density at radius 1 is 1.08 bits per heavy atom. The summed E-state index contributed by atoms with van der Waals surface area (Å²) in [6, 6.07) is 0. The second-order valence-corrected chi connectivity index (χ2v) is 3.56. The van der Waals surface area contributed by atoms with E-state index in [1.165, 1.54) is 0 Å². The number of rotatable bonds is 8. The molecule has 0 saturated carbocycles. The molecule has 13 heavy (non-hydrogen) atoms. The van der Waals surface area contributed by atoms with Crippen molar-refractivity contribution < 1.29 is 66.4 Å². The zero-order chi connectivity index (χ0) is 9.23. The van der Waals surface area contributed by atoms with Crippen molar-refractivity contribution >= 4 is 8.25 Å². The molecule has 0 spiro atoms. The third-order valence-electron chi connectivity index (χ3n) is 1.39. The van der Waals surface area contributed by atoms with Crippen molar-refractivity contribution in [3.05, 3.63) is 0 Å². The van der Waals surface area contributed by atoms with Gasteiger partial charge in [-0.25, -0.2) is 0 Å². The van der Waals surface area contributed by atoms with E-state index in [0.717, 1.165) is 25.7 Å². The monoisotopic (exact) mass is 233 g/mol. The molecule has 0 radical (unpaired) electrons. The maximum Gasteiger partial charge on any atom is 1.00 e. The Bertz CT molecular complexity index is 115. The second-order valence-electron chi connectivity index (χ2n) is 2.60. The van der Waals surface area contributed by atoms with Gasteiger partial charge in [0.05, 0.1) is 0 Å². The van der Waals surface area contributed by atoms with Crippen molar-refractivity contribution in [2.45, 2.75) is 39.5 Å². The van der Waals surface area contributed by atoms with Crippen LogP contribution in [-0.4, -0.2) is 13.2 Å². The fourth-order valence-corrected chi connectivity index (χ4v) is 1.23. The summed E-state index contributed by atoms with van der Waals surface area (Å²) in [4.78, 5) is 0. The van der Waals surface area contributed by atoms with E-state index in [1.54, 1.807) is 0 Å². The molecular weight excluding hydrogens is 214 g/mol. The first-order chi connectivity index (χ1) is 5.81. The molecule has 3 nitrogen and oxygen atoms in total. The van der Waals surface area contributed by atoms with Crippen molar-refractivity contribution in [2.24, 2.45) is 0 Å². The molecule has 0 fully saturated rings. The van der Waals surface area contributed by atoms with Crippen LogP contribution in [-0.2, 0) is 13.6 Å². The van der Waals surface area contributed by atoms with E-state index >= 15 is 0 Å². The van der Waals surface area contributed by atoms with Crippen molar-refractivity contribution in [2.75, 3.05) is 13.2 Å². The van der Waals surface area contributed by atoms with E-state index in [2.05, 4.69) is 13.8 Å². The van der Waals surface area contributed by atoms with Gasteiger partial charge in [0.1, 0.15) is 13.2 Å². The van der Waals surface area contributed by atoms with Gasteiger partial charge in [-0.3, -0.25) is 0 Å². The molecular formula is C8H19KO3P+.